The third-order valence-corrected chi connectivity index (χ3v) is 0. The van der Waals surface area contributed by atoms with Crippen molar-refractivity contribution in [3.63, 3.8) is 0 Å². The normalized spacial score (nSPS) is 0.615. The van der Waals surface area contributed by atoms with Crippen LogP contribution in [0.2, 0.25) is 0 Å². The molecular formula is CeLa2O8Pr2. The molecule has 0 saturated carbocycles. The molecule has 8 nitrogen and oxygen atoms in total. The Morgan fingerprint density at radius 2 is 0.538 bits per heavy atom. The molecule has 0 rings (SSSR count). The maximum atomic E-state index is 8.57. The van der Waals surface area contributed by atoms with Gasteiger partial charge < -0.3 is 32.9 Å². The third-order valence-electron chi connectivity index (χ3n) is 0. The van der Waals surface area contributed by atoms with Gasteiger partial charge in [0.05, 0.1) is 0 Å². The van der Waals surface area contributed by atoms with Gasteiger partial charge in [-0.1, -0.05) is 0 Å². The second kappa shape index (κ2) is 108. The van der Waals surface area contributed by atoms with E-state index >= 15 is 0 Å². The fraction of sp³-hybridized carbons (Fsp3) is 0. The first-order chi connectivity index (χ1) is 1.41. The fourth-order valence-corrected chi connectivity index (χ4v) is 0. The fourth-order valence-electron chi connectivity index (χ4n) is 0. The van der Waals surface area contributed by atoms with Gasteiger partial charge in [-0.3, -0.25) is 0 Å². The van der Waals surface area contributed by atoms with Crippen LogP contribution in [0, 0.1) is 192 Å². The standard InChI is InChI=1S/Ce.2La.8O.2Pr/q;2*+3;;;6*-2;2*+3. The number of rotatable bonds is 0. The first kappa shape index (κ1) is 97.4. The van der Waals surface area contributed by atoms with Gasteiger partial charge in [-0.05, 0) is 0 Å². The minimum absolute atomic E-state index is 0. The van der Waals surface area contributed by atoms with Crippen LogP contribution in [0.15, 0.2) is 0 Å². The van der Waals surface area contributed by atoms with Gasteiger partial charge in [-0.2, -0.15) is 0 Å². The Kier molecular flexibility index (Phi) is 809. The van der Waals surface area contributed by atoms with Crippen molar-refractivity contribution in [3.8, 4) is 0 Å². The molecule has 0 radical (unpaired) electrons. The van der Waals surface area contributed by atoms with Crippen LogP contribution in [-0.2, 0) is 34.7 Å². The zero-order valence-electron chi connectivity index (χ0n) is 6.08. The van der Waals surface area contributed by atoms with Gasteiger partial charge in [0, 0.05) is 0 Å². The van der Waals surface area contributed by atoms with Crippen molar-refractivity contribution in [2.75, 3.05) is 0 Å². The quantitative estimate of drug-likeness (QED) is 0.303. The van der Waals surface area contributed by atoms with E-state index in [1.165, 1.54) is 0 Å². The Labute approximate surface area is 219 Å². The summed E-state index contributed by atoms with van der Waals surface area (Å²) in [4.78, 5) is 0. The largest absolute Gasteiger partial charge is 3.00 e. The summed E-state index contributed by atoms with van der Waals surface area (Å²) in [5.41, 5.74) is 0. The van der Waals surface area contributed by atoms with E-state index in [9.17, 15) is 0 Å². The van der Waals surface area contributed by atoms with Crippen molar-refractivity contribution in [1.82, 2.24) is 0 Å². The zero-order valence-corrected chi connectivity index (χ0v) is 23.9. The summed E-state index contributed by atoms with van der Waals surface area (Å²) in [5.74, 6) is 0. The van der Waals surface area contributed by atoms with E-state index in [0.29, 0.717) is 0 Å². The Bertz CT molecular complexity index is 41.1. The smallest absolute Gasteiger partial charge is 3.00 e. The SMILES string of the molecule is [La+3].[La+3].[O-2].[O-2].[O-2].[O-2].[O-2].[O-2].[O]=[Ce]=[O].[Pr+3].[Pr+3]. The van der Waals surface area contributed by atoms with E-state index in [0.717, 1.165) is 0 Å². The van der Waals surface area contributed by atoms with Crippen LogP contribution in [0.5, 0.6) is 0 Å². The Morgan fingerprint density at radius 1 is 0.538 bits per heavy atom. The van der Waals surface area contributed by atoms with Gasteiger partial charge in [0.1, 0.15) is 0 Å². The van der Waals surface area contributed by atoms with Gasteiger partial charge >= 0.3 is 193 Å². The monoisotopic (exact) mass is 827 g/mol. The molecule has 0 heterocycles. The van der Waals surface area contributed by atoms with E-state index < -0.39 is 37.8 Å². The summed E-state index contributed by atoms with van der Waals surface area (Å²) >= 11 is -2.42. The van der Waals surface area contributed by atoms with Crippen molar-refractivity contribution in [3.05, 3.63) is 0 Å². The minimum atomic E-state index is -2.42. The summed E-state index contributed by atoms with van der Waals surface area (Å²) in [7, 11) is 0. The van der Waals surface area contributed by atoms with Crippen molar-refractivity contribution >= 4 is 0 Å². The van der Waals surface area contributed by atoms with Gasteiger partial charge in [0.15, 0.2) is 0 Å². The zero-order chi connectivity index (χ0) is 2.71. The second-order valence-corrected chi connectivity index (χ2v) is 0.607. The average Bonchev–Trinajstić information content (AvgIpc) is 0.918. The second-order valence-electron chi connectivity index (χ2n) is 0.0833. The molecule has 0 aliphatic heterocycles. The maximum absolute atomic E-state index is 8.57. The number of hydrogen-bond acceptors (Lipinski definition) is 2. The van der Waals surface area contributed by atoms with E-state index in [1.54, 1.807) is 0 Å². The summed E-state index contributed by atoms with van der Waals surface area (Å²) in [5, 5.41) is 0. The van der Waals surface area contributed by atoms with E-state index in [4.69, 9.17) is 1.88 Å². The van der Waals surface area contributed by atoms with Crippen LogP contribution >= 0.6 is 0 Å². The average molecular weight is 828 g/mol. The van der Waals surface area contributed by atoms with Gasteiger partial charge in [-0.15, -0.1) is 0 Å². The summed E-state index contributed by atoms with van der Waals surface area (Å²) in [6.07, 6.45) is 0. The molecular weight excluding hydrogens is 828 g/mol. The minimum Gasteiger partial charge on any atom is 3.00 e. The van der Waals surface area contributed by atoms with Crippen LogP contribution < -0.4 is 0 Å². The first-order valence-corrected chi connectivity index (χ1v) is 2.97. The van der Waals surface area contributed by atoms with E-state index in [-0.39, 0.29) is 187 Å². The van der Waals surface area contributed by atoms with Crippen molar-refractivity contribution in [1.29, 1.82) is 0 Å². The van der Waals surface area contributed by atoms with Crippen molar-refractivity contribution < 1.29 is 226 Å². The Balaban J connectivity index is -0.000000000444. The predicted molar refractivity (Wildman–Crippen MR) is 5.49 cm³/mol. The molecule has 0 aliphatic carbocycles. The van der Waals surface area contributed by atoms with Gasteiger partial charge in [-0.25, -0.2) is 0 Å². The predicted octanol–water partition coefficient (Wildman–Crippen LogP) is -0.950. The first-order valence-electron chi connectivity index (χ1n) is 0.408. The van der Waals surface area contributed by atoms with Crippen molar-refractivity contribution in [2.45, 2.75) is 0 Å². The van der Waals surface area contributed by atoms with Crippen LogP contribution in [0.4, 0.5) is 0 Å². The van der Waals surface area contributed by atoms with E-state index in [1.807, 2.05) is 0 Å². The topological polar surface area (TPSA) is 205 Å². The summed E-state index contributed by atoms with van der Waals surface area (Å²) in [6, 6.07) is 0. The molecule has 13 heteroatoms. The Hall–Kier alpha value is 5.85. The molecule has 0 aliphatic rings. The molecule has 13 heavy (non-hydrogen) atoms. The maximum Gasteiger partial charge on any atom is 3.00 e. The molecule has 0 aromatic carbocycles. The van der Waals surface area contributed by atoms with Crippen molar-refractivity contribution in [2.24, 2.45) is 0 Å². The molecule has 64 valence electrons. The van der Waals surface area contributed by atoms with Crippen LogP contribution in [0.3, 0.4) is 0 Å². The molecule has 0 spiro atoms. The molecule has 0 bridgehead atoms. The van der Waals surface area contributed by atoms with Gasteiger partial charge in [0.25, 0.3) is 0 Å². The Morgan fingerprint density at radius 3 is 0.538 bits per heavy atom. The van der Waals surface area contributed by atoms with E-state index in [2.05, 4.69) is 0 Å². The number of hydrogen-bond donors (Lipinski definition) is 0. The molecule has 0 aromatic heterocycles. The molecule has 0 fully saturated rings. The molecule has 0 saturated heterocycles. The summed E-state index contributed by atoms with van der Waals surface area (Å²) in [6.45, 7) is 0. The summed E-state index contributed by atoms with van der Waals surface area (Å²) < 4.78 is 17.1. The van der Waals surface area contributed by atoms with Crippen LogP contribution in [-0.4, -0.2) is 0 Å². The van der Waals surface area contributed by atoms with Gasteiger partial charge in [0.2, 0.25) is 0 Å². The molecule has 0 amide bonds. The van der Waals surface area contributed by atoms with Crippen LogP contribution in [0.1, 0.15) is 0 Å². The third kappa shape index (κ3) is 131. The molecule has 0 aromatic rings. The molecule has 0 atom stereocenters. The molecule has 0 unspecified atom stereocenters. The molecule has 0 N–H and O–H groups in total. The van der Waals surface area contributed by atoms with Crippen LogP contribution in [0.25, 0.3) is 0 Å².